The second-order valence-corrected chi connectivity index (χ2v) is 7.81. The molecule has 2 aromatic heterocycles. The minimum absolute atomic E-state index is 0.121. The summed E-state index contributed by atoms with van der Waals surface area (Å²) in [4.78, 5) is 2.45. The average Bonchev–Trinajstić information content (AvgIpc) is 3.16. The molecule has 1 aliphatic rings. The van der Waals surface area contributed by atoms with Crippen molar-refractivity contribution in [2.45, 2.75) is 52.4 Å². The number of likely N-dealkylation sites (tertiary alicyclic amines) is 1. The van der Waals surface area contributed by atoms with E-state index in [4.69, 9.17) is 0 Å². The molecule has 0 radical (unpaired) electrons. The van der Waals surface area contributed by atoms with E-state index in [-0.39, 0.29) is 5.65 Å². The van der Waals surface area contributed by atoms with Gasteiger partial charge in [0.2, 0.25) is 0 Å². The highest BCUT2D eigenvalue weighted by Crippen LogP contribution is 2.30. The lowest BCUT2D eigenvalue weighted by Crippen LogP contribution is -2.29. The van der Waals surface area contributed by atoms with E-state index in [1.54, 1.807) is 6.92 Å². The summed E-state index contributed by atoms with van der Waals surface area (Å²) in [6.45, 7) is 7.12. The SMILES string of the molecule is Cc1c(NCc2ccccc2CN2CCCCC2)nn2c(C(F)(F)F)nnc2c1C. The molecule has 160 valence electrons. The molecule has 0 atom stereocenters. The summed E-state index contributed by atoms with van der Waals surface area (Å²) in [6, 6.07) is 8.16. The zero-order valence-corrected chi connectivity index (χ0v) is 17.1. The summed E-state index contributed by atoms with van der Waals surface area (Å²) in [5.41, 5.74) is 3.84. The predicted molar refractivity (Wildman–Crippen MR) is 108 cm³/mol. The Labute approximate surface area is 173 Å². The van der Waals surface area contributed by atoms with Crippen molar-refractivity contribution < 1.29 is 13.2 Å². The van der Waals surface area contributed by atoms with Crippen molar-refractivity contribution in [1.29, 1.82) is 0 Å². The van der Waals surface area contributed by atoms with Gasteiger partial charge >= 0.3 is 6.18 Å². The Bertz CT molecular complexity index is 1040. The molecular weight excluding hydrogens is 393 g/mol. The fraction of sp³-hybridized carbons (Fsp3) is 0.476. The fourth-order valence-corrected chi connectivity index (χ4v) is 3.89. The molecule has 9 heteroatoms. The monoisotopic (exact) mass is 418 g/mol. The van der Waals surface area contributed by atoms with Gasteiger partial charge in [-0.2, -0.15) is 17.7 Å². The number of benzene rings is 1. The number of nitrogens with zero attached hydrogens (tertiary/aromatic N) is 5. The fourth-order valence-electron chi connectivity index (χ4n) is 3.89. The smallest absolute Gasteiger partial charge is 0.364 e. The summed E-state index contributed by atoms with van der Waals surface area (Å²) in [5, 5.41) is 14.4. The van der Waals surface area contributed by atoms with Crippen LogP contribution >= 0.6 is 0 Å². The van der Waals surface area contributed by atoms with Crippen LogP contribution in [0.15, 0.2) is 24.3 Å². The van der Waals surface area contributed by atoms with E-state index in [2.05, 4.69) is 31.6 Å². The normalized spacial score (nSPS) is 15.6. The van der Waals surface area contributed by atoms with Gasteiger partial charge in [-0.3, -0.25) is 4.90 Å². The third-order valence-corrected chi connectivity index (χ3v) is 5.75. The lowest BCUT2D eigenvalue weighted by atomic mass is 10.0. The van der Waals surface area contributed by atoms with Crippen molar-refractivity contribution in [3.8, 4) is 0 Å². The van der Waals surface area contributed by atoms with Gasteiger partial charge in [0, 0.05) is 18.7 Å². The Balaban J connectivity index is 1.59. The van der Waals surface area contributed by atoms with Gasteiger partial charge in [-0.1, -0.05) is 30.7 Å². The van der Waals surface area contributed by atoms with Crippen molar-refractivity contribution in [2.75, 3.05) is 18.4 Å². The zero-order valence-electron chi connectivity index (χ0n) is 17.1. The molecule has 0 bridgehead atoms. The number of alkyl halides is 3. The Hall–Kier alpha value is -2.68. The van der Waals surface area contributed by atoms with Crippen molar-refractivity contribution in [2.24, 2.45) is 0 Å². The van der Waals surface area contributed by atoms with Crippen LogP contribution in [0.4, 0.5) is 19.0 Å². The molecule has 4 rings (SSSR count). The van der Waals surface area contributed by atoms with Crippen LogP contribution in [0.2, 0.25) is 0 Å². The number of hydrogen-bond donors (Lipinski definition) is 1. The van der Waals surface area contributed by atoms with Crippen LogP contribution in [0.3, 0.4) is 0 Å². The van der Waals surface area contributed by atoms with Gasteiger partial charge in [0.1, 0.15) is 0 Å². The first-order chi connectivity index (χ1) is 14.3. The minimum atomic E-state index is -4.62. The summed E-state index contributed by atoms with van der Waals surface area (Å²) in [6.07, 6.45) is -0.880. The van der Waals surface area contributed by atoms with Crippen LogP contribution < -0.4 is 5.32 Å². The van der Waals surface area contributed by atoms with Crippen LogP contribution in [0, 0.1) is 13.8 Å². The van der Waals surface area contributed by atoms with Crippen LogP contribution in [-0.4, -0.2) is 37.8 Å². The topological polar surface area (TPSA) is 58.4 Å². The van der Waals surface area contributed by atoms with E-state index in [9.17, 15) is 13.2 Å². The molecule has 3 heterocycles. The molecular formula is C21H25F3N6. The number of aryl methyl sites for hydroxylation is 1. The van der Waals surface area contributed by atoms with Crippen molar-refractivity contribution in [3.63, 3.8) is 0 Å². The summed E-state index contributed by atoms with van der Waals surface area (Å²) in [5.74, 6) is -0.716. The van der Waals surface area contributed by atoms with Gasteiger partial charge < -0.3 is 5.32 Å². The summed E-state index contributed by atoms with van der Waals surface area (Å²) < 4.78 is 40.5. The number of aromatic nitrogens is 4. The Morgan fingerprint density at radius 3 is 2.37 bits per heavy atom. The van der Waals surface area contributed by atoms with Crippen LogP contribution in [0.1, 0.15) is 47.3 Å². The van der Waals surface area contributed by atoms with Crippen LogP contribution in [0.25, 0.3) is 5.65 Å². The van der Waals surface area contributed by atoms with E-state index in [1.807, 2.05) is 25.1 Å². The van der Waals surface area contributed by atoms with E-state index in [0.29, 0.717) is 17.9 Å². The Kier molecular flexibility index (Phi) is 5.64. The first-order valence-corrected chi connectivity index (χ1v) is 10.2. The minimum Gasteiger partial charge on any atom is -0.364 e. The summed E-state index contributed by atoms with van der Waals surface area (Å²) in [7, 11) is 0. The lowest BCUT2D eigenvalue weighted by molar-refractivity contribution is -0.146. The average molecular weight is 418 g/mol. The van der Waals surface area contributed by atoms with Gasteiger partial charge in [-0.05, 0) is 56.5 Å². The quantitative estimate of drug-likeness (QED) is 0.667. The van der Waals surface area contributed by atoms with E-state index < -0.39 is 12.0 Å². The van der Waals surface area contributed by atoms with Crippen molar-refractivity contribution in [3.05, 3.63) is 52.3 Å². The highest BCUT2D eigenvalue weighted by molar-refractivity contribution is 5.58. The van der Waals surface area contributed by atoms with Gasteiger partial charge in [-0.15, -0.1) is 15.3 Å². The maximum absolute atomic E-state index is 13.3. The molecule has 0 unspecified atom stereocenters. The Morgan fingerprint density at radius 1 is 0.967 bits per heavy atom. The number of rotatable bonds is 5. The Morgan fingerprint density at radius 2 is 1.67 bits per heavy atom. The van der Waals surface area contributed by atoms with E-state index in [1.165, 1.54) is 24.8 Å². The number of halogens is 3. The third kappa shape index (κ3) is 4.12. The van der Waals surface area contributed by atoms with Crippen LogP contribution in [-0.2, 0) is 19.3 Å². The molecule has 1 aromatic carbocycles. The first-order valence-electron chi connectivity index (χ1n) is 10.2. The first kappa shape index (κ1) is 20.6. The molecule has 1 saturated heterocycles. The second kappa shape index (κ2) is 8.22. The largest absolute Gasteiger partial charge is 0.453 e. The number of nitrogens with one attached hydrogen (secondary N) is 1. The number of anilines is 1. The maximum Gasteiger partial charge on any atom is 0.453 e. The number of piperidine rings is 1. The molecule has 0 amide bonds. The highest BCUT2D eigenvalue weighted by Gasteiger charge is 2.38. The molecule has 1 aliphatic heterocycles. The molecule has 6 nitrogen and oxygen atoms in total. The van der Waals surface area contributed by atoms with Gasteiger partial charge in [0.15, 0.2) is 11.5 Å². The van der Waals surface area contributed by atoms with E-state index in [0.717, 1.165) is 35.3 Å². The van der Waals surface area contributed by atoms with Gasteiger partial charge in [0.25, 0.3) is 5.82 Å². The van der Waals surface area contributed by atoms with Crippen LogP contribution in [0.5, 0.6) is 0 Å². The van der Waals surface area contributed by atoms with Gasteiger partial charge in [-0.25, -0.2) is 0 Å². The highest BCUT2D eigenvalue weighted by atomic mass is 19.4. The third-order valence-electron chi connectivity index (χ3n) is 5.75. The second-order valence-electron chi connectivity index (χ2n) is 7.81. The zero-order chi connectivity index (χ0) is 21.3. The molecule has 0 aliphatic carbocycles. The van der Waals surface area contributed by atoms with Crippen molar-refractivity contribution >= 4 is 11.5 Å². The molecule has 1 fully saturated rings. The molecule has 3 aromatic rings. The van der Waals surface area contributed by atoms with Crippen molar-refractivity contribution in [1.82, 2.24) is 24.7 Å². The van der Waals surface area contributed by atoms with E-state index >= 15 is 0 Å². The molecule has 0 saturated carbocycles. The summed E-state index contributed by atoms with van der Waals surface area (Å²) >= 11 is 0. The molecule has 0 spiro atoms. The van der Waals surface area contributed by atoms with Gasteiger partial charge in [0.05, 0.1) is 0 Å². The predicted octanol–water partition coefficient (Wildman–Crippen LogP) is 4.36. The molecule has 30 heavy (non-hydrogen) atoms. The standard InChI is InChI=1S/C21H25F3N6/c1-14-15(2)19-26-27-20(21(22,23)24)30(19)28-18(14)25-12-16-8-4-5-9-17(16)13-29-10-6-3-7-11-29/h4-5,8-9H,3,6-7,10-13H2,1-2H3,(H,25,28). The lowest BCUT2D eigenvalue weighted by Gasteiger charge is -2.27. The number of fused-ring (bicyclic) bond motifs is 1. The maximum atomic E-state index is 13.3. The molecule has 1 N–H and O–H groups in total. The number of hydrogen-bond acceptors (Lipinski definition) is 5.